The number of ether oxygens (including phenoxy) is 2. The lowest BCUT2D eigenvalue weighted by Gasteiger charge is -2.27. The van der Waals surface area contributed by atoms with Gasteiger partial charge in [0.2, 0.25) is 17.7 Å². The topological polar surface area (TPSA) is 76.2 Å². The standard InChI is InChI=1S/C23H30N2O5/c1-29-15-9-10-20(30-2)18(14-15)19-8-5-12-24(19)21(26)11-13-25-22(27)16-6-3-4-7-17(16)23(25)28/h9-10,14,16-17,19H,3-8,11-13H2,1-2H3/t16-,17-,19+/m0/s1. The minimum atomic E-state index is -0.165. The summed E-state index contributed by atoms with van der Waals surface area (Å²) >= 11 is 0. The Balaban J connectivity index is 1.45. The Kier molecular flexibility index (Phi) is 5.97. The van der Waals surface area contributed by atoms with Gasteiger partial charge in [0, 0.05) is 25.1 Å². The van der Waals surface area contributed by atoms with Crippen LogP contribution in [0.1, 0.15) is 56.6 Å². The fourth-order valence-electron chi connectivity index (χ4n) is 5.29. The third-order valence-electron chi connectivity index (χ3n) is 6.85. The molecule has 2 heterocycles. The fourth-order valence-corrected chi connectivity index (χ4v) is 5.29. The molecule has 1 saturated carbocycles. The number of hydrogen-bond acceptors (Lipinski definition) is 5. The minimum absolute atomic E-state index is 0.0298. The summed E-state index contributed by atoms with van der Waals surface area (Å²) in [5.41, 5.74) is 0.932. The maximum absolute atomic E-state index is 13.1. The van der Waals surface area contributed by atoms with Gasteiger partial charge in [-0.25, -0.2) is 0 Å². The highest BCUT2D eigenvalue weighted by molar-refractivity contribution is 6.05. The molecule has 0 aromatic heterocycles. The molecule has 0 spiro atoms. The van der Waals surface area contributed by atoms with Crippen molar-refractivity contribution < 1.29 is 23.9 Å². The molecule has 0 N–H and O–H groups in total. The number of likely N-dealkylation sites (tertiary alicyclic amines) is 2. The molecule has 0 radical (unpaired) electrons. The van der Waals surface area contributed by atoms with Crippen LogP contribution in [0.3, 0.4) is 0 Å². The zero-order valence-electron chi connectivity index (χ0n) is 17.8. The number of rotatable bonds is 6. The van der Waals surface area contributed by atoms with Gasteiger partial charge in [0.05, 0.1) is 32.1 Å². The Morgan fingerprint density at radius 3 is 2.33 bits per heavy atom. The molecule has 1 aliphatic carbocycles. The van der Waals surface area contributed by atoms with Crippen molar-refractivity contribution in [3.63, 3.8) is 0 Å². The molecule has 2 aliphatic heterocycles. The van der Waals surface area contributed by atoms with Gasteiger partial charge in [-0.1, -0.05) is 12.8 Å². The predicted molar refractivity (Wildman–Crippen MR) is 110 cm³/mol. The van der Waals surface area contributed by atoms with Crippen LogP contribution in [0.15, 0.2) is 18.2 Å². The number of fused-ring (bicyclic) bond motifs is 1. The average Bonchev–Trinajstić information content (AvgIpc) is 3.36. The number of imide groups is 1. The third-order valence-corrected chi connectivity index (χ3v) is 6.85. The lowest BCUT2D eigenvalue weighted by atomic mass is 9.81. The number of methoxy groups -OCH3 is 2. The van der Waals surface area contributed by atoms with Crippen molar-refractivity contribution >= 4 is 17.7 Å². The van der Waals surface area contributed by atoms with Gasteiger partial charge in [-0.05, 0) is 43.9 Å². The van der Waals surface area contributed by atoms with Gasteiger partial charge in [0.15, 0.2) is 0 Å². The molecule has 162 valence electrons. The number of amides is 3. The number of benzene rings is 1. The summed E-state index contributed by atoms with van der Waals surface area (Å²) in [4.78, 5) is 41.6. The molecule has 7 nitrogen and oxygen atoms in total. The number of hydrogen-bond donors (Lipinski definition) is 0. The zero-order chi connectivity index (χ0) is 21.3. The maximum atomic E-state index is 13.1. The SMILES string of the molecule is COc1ccc(OC)c([C@H]2CCCN2C(=O)CCN2C(=O)[C@H]3CCCC[C@@H]3C2=O)c1. The van der Waals surface area contributed by atoms with Crippen LogP contribution in [0.2, 0.25) is 0 Å². The summed E-state index contributed by atoms with van der Waals surface area (Å²) in [6, 6.07) is 5.54. The first-order chi connectivity index (χ1) is 14.5. The van der Waals surface area contributed by atoms with Crippen LogP contribution in [-0.2, 0) is 14.4 Å². The Morgan fingerprint density at radius 2 is 1.70 bits per heavy atom. The van der Waals surface area contributed by atoms with Gasteiger partial charge in [-0.15, -0.1) is 0 Å². The maximum Gasteiger partial charge on any atom is 0.233 e. The van der Waals surface area contributed by atoms with Crippen LogP contribution in [0.25, 0.3) is 0 Å². The monoisotopic (exact) mass is 414 g/mol. The highest BCUT2D eigenvalue weighted by Gasteiger charge is 2.48. The van der Waals surface area contributed by atoms with Crippen molar-refractivity contribution in [1.82, 2.24) is 9.80 Å². The predicted octanol–water partition coefficient (Wildman–Crippen LogP) is 2.93. The van der Waals surface area contributed by atoms with Crippen LogP contribution in [0.4, 0.5) is 0 Å². The first-order valence-corrected chi connectivity index (χ1v) is 10.9. The van der Waals surface area contributed by atoms with Gasteiger partial charge < -0.3 is 14.4 Å². The van der Waals surface area contributed by atoms with E-state index in [4.69, 9.17) is 9.47 Å². The molecule has 3 atom stereocenters. The molecule has 3 amide bonds. The average molecular weight is 415 g/mol. The van der Waals surface area contributed by atoms with Crippen LogP contribution >= 0.6 is 0 Å². The minimum Gasteiger partial charge on any atom is -0.497 e. The van der Waals surface area contributed by atoms with E-state index in [9.17, 15) is 14.4 Å². The second-order valence-electron chi connectivity index (χ2n) is 8.43. The Labute approximate surface area is 177 Å². The molecular formula is C23H30N2O5. The van der Waals surface area contributed by atoms with Gasteiger partial charge in [-0.2, -0.15) is 0 Å². The molecule has 3 aliphatic rings. The molecule has 0 unspecified atom stereocenters. The van der Waals surface area contributed by atoms with Gasteiger partial charge in [0.25, 0.3) is 0 Å². The lowest BCUT2D eigenvalue weighted by Crippen LogP contribution is -2.37. The highest BCUT2D eigenvalue weighted by Crippen LogP contribution is 2.40. The first kappa shape index (κ1) is 20.7. The van der Waals surface area contributed by atoms with E-state index in [0.717, 1.165) is 55.6 Å². The highest BCUT2D eigenvalue weighted by atomic mass is 16.5. The van der Waals surface area contributed by atoms with E-state index >= 15 is 0 Å². The summed E-state index contributed by atoms with van der Waals surface area (Å²) in [6.45, 7) is 0.846. The molecule has 30 heavy (non-hydrogen) atoms. The smallest absolute Gasteiger partial charge is 0.233 e. The van der Waals surface area contributed by atoms with Crippen molar-refractivity contribution in [3.8, 4) is 11.5 Å². The summed E-state index contributed by atoms with van der Waals surface area (Å²) in [6.07, 6.45) is 5.52. The summed E-state index contributed by atoms with van der Waals surface area (Å²) < 4.78 is 10.9. The molecular weight excluding hydrogens is 384 g/mol. The van der Waals surface area contributed by atoms with E-state index in [1.54, 1.807) is 14.2 Å². The van der Waals surface area contributed by atoms with Crippen LogP contribution in [0.5, 0.6) is 11.5 Å². The van der Waals surface area contributed by atoms with Crippen LogP contribution in [0, 0.1) is 11.8 Å². The van der Waals surface area contributed by atoms with Gasteiger partial charge in [0.1, 0.15) is 11.5 Å². The van der Waals surface area contributed by atoms with Crippen molar-refractivity contribution in [1.29, 1.82) is 0 Å². The van der Waals surface area contributed by atoms with E-state index < -0.39 is 0 Å². The summed E-state index contributed by atoms with van der Waals surface area (Å²) in [5, 5.41) is 0. The Hall–Kier alpha value is -2.57. The molecule has 2 saturated heterocycles. The van der Waals surface area contributed by atoms with E-state index in [2.05, 4.69) is 0 Å². The molecule has 1 aromatic carbocycles. The van der Waals surface area contributed by atoms with Crippen molar-refractivity contribution in [3.05, 3.63) is 23.8 Å². The number of carbonyl (C=O) groups is 3. The third kappa shape index (κ3) is 3.66. The number of carbonyl (C=O) groups excluding carboxylic acids is 3. The van der Waals surface area contributed by atoms with Crippen LogP contribution < -0.4 is 9.47 Å². The second-order valence-corrected chi connectivity index (χ2v) is 8.43. The molecule has 4 rings (SSSR count). The van der Waals surface area contributed by atoms with E-state index in [-0.39, 0.29) is 48.6 Å². The van der Waals surface area contributed by atoms with E-state index in [1.807, 2.05) is 23.1 Å². The Morgan fingerprint density at radius 1 is 1.00 bits per heavy atom. The van der Waals surface area contributed by atoms with Gasteiger partial charge >= 0.3 is 0 Å². The quantitative estimate of drug-likeness (QED) is 0.669. The number of nitrogens with zero attached hydrogens (tertiary/aromatic N) is 2. The van der Waals surface area contributed by atoms with Crippen molar-refractivity contribution in [2.24, 2.45) is 11.8 Å². The fraction of sp³-hybridized carbons (Fsp3) is 0.609. The van der Waals surface area contributed by atoms with Crippen molar-refractivity contribution in [2.45, 2.75) is 51.0 Å². The lowest BCUT2D eigenvalue weighted by molar-refractivity contribution is -0.141. The zero-order valence-corrected chi connectivity index (χ0v) is 17.8. The Bertz CT molecular complexity index is 815. The largest absolute Gasteiger partial charge is 0.497 e. The molecule has 7 heteroatoms. The summed E-state index contributed by atoms with van der Waals surface area (Å²) in [5.74, 6) is 0.937. The normalized spacial score (nSPS) is 26.1. The van der Waals surface area contributed by atoms with Gasteiger partial charge in [-0.3, -0.25) is 19.3 Å². The van der Waals surface area contributed by atoms with E-state index in [0.29, 0.717) is 6.54 Å². The van der Waals surface area contributed by atoms with Crippen molar-refractivity contribution in [2.75, 3.05) is 27.3 Å². The van der Waals surface area contributed by atoms with Crippen LogP contribution in [-0.4, -0.2) is 54.8 Å². The summed E-state index contributed by atoms with van der Waals surface area (Å²) in [7, 11) is 3.24. The molecule has 3 fully saturated rings. The second kappa shape index (κ2) is 8.66. The molecule has 1 aromatic rings. The first-order valence-electron chi connectivity index (χ1n) is 10.9. The molecule has 0 bridgehead atoms. The van der Waals surface area contributed by atoms with E-state index in [1.165, 1.54) is 4.90 Å².